The summed E-state index contributed by atoms with van der Waals surface area (Å²) in [6.45, 7) is 3.00. The lowest BCUT2D eigenvalue weighted by molar-refractivity contribution is 0.320. The molecule has 0 aliphatic heterocycles. The van der Waals surface area contributed by atoms with E-state index in [1.165, 1.54) is 0 Å². The molecule has 0 aliphatic carbocycles. The molecule has 0 bridgehead atoms. The molecule has 0 saturated heterocycles. The van der Waals surface area contributed by atoms with E-state index in [2.05, 4.69) is 6.58 Å². The number of rotatable bonds is 4. The Morgan fingerprint density at radius 1 is 1.00 bits per heavy atom. The topological polar surface area (TPSA) is 29.5 Å². The van der Waals surface area contributed by atoms with Crippen LogP contribution in [0.1, 0.15) is 0 Å². The number of hydrogen-bond donors (Lipinski definition) is 1. The van der Waals surface area contributed by atoms with E-state index in [0.717, 1.165) is 11.1 Å². The molecular formula is C15H13FO2. The summed E-state index contributed by atoms with van der Waals surface area (Å²) in [4.78, 5) is 0. The highest BCUT2D eigenvalue weighted by Gasteiger charge is 1.99. The molecule has 0 heterocycles. The van der Waals surface area contributed by atoms with E-state index in [0.29, 0.717) is 5.75 Å². The fraction of sp³-hybridized carbons (Fsp3) is 0.0667. The van der Waals surface area contributed by atoms with Gasteiger partial charge in [0.25, 0.3) is 0 Å². The van der Waals surface area contributed by atoms with Gasteiger partial charge in [0.15, 0.2) is 0 Å². The minimum absolute atomic E-state index is 0.126. The molecule has 0 fully saturated rings. The number of benzene rings is 2. The number of phenols is 1. The van der Waals surface area contributed by atoms with Gasteiger partial charge in [-0.2, -0.15) is 0 Å². The molecule has 0 saturated carbocycles. The maximum Gasteiger partial charge on any atom is 0.139 e. The second-order valence-electron chi connectivity index (χ2n) is 3.88. The van der Waals surface area contributed by atoms with Crippen LogP contribution in [0.15, 0.2) is 60.9 Å². The molecule has 0 unspecified atom stereocenters. The molecule has 2 rings (SSSR count). The third kappa shape index (κ3) is 3.10. The lowest BCUT2D eigenvalue weighted by atomic mass is 10.1. The van der Waals surface area contributed by atoms with Crippen molar-refractivity contribution < 1.29 is 14.2 Å². The fourth-order valence-corrected chi connectivity index (χ4v) is 1.56. The van der Waals surface area contributed by atoms with Gasteiger partial charge < -0.3 is 9.84 Å². The Bertz CT molecular complexity index is 529. The van der Waals surface area contributed by atoms with E-state index in [9.17, 15) is 9.50 Å². The summed E-state index contributed by atoms with van der Waals surface area (Å²) < 4.78 is 17.6. The van der Waals surface area contributed by atoms with Crippen molar-refractivity contribution in [2.45, 2.75) is 0 Å². The Kier molecular flexibility index (Phi) is 3.63. The summed E-state index contributed by atoms with van der Waals surface area (Å²) >= 11 is 0. The molecule has 3 heteroatoms. The van der Waals surface area contributed by atoms with Gasteiger partial charge in [0.1, 0.15) is 23.9 Å². The van der Waals surface area contributed by atoms with E-state index in [4.69, 9.17) is 4.74 Å². The number of aromatic hydroxyl groups is 1. The maximum absolute atomic E-state index is 12.4. The first kappa shape index (κ1) is 12.2. The Morgan fingerprint density at radius 3 is 2.00 bits per heavy atom. The molecule has 0 aliphatic rings. The quantitative estimate of drug-likeness (QED) is 0.883. The van der Waals surface area contributed by atoms with Crippen LogP contribution in [0.2, 0.25) is 0 Å². The van der Waals surface area contributed by atoms with Crippen LogP contribution in [0.4, 0.5) is 4.39 Å². The SMILES string of the molecule is C=C(F)COc1ccc(-c2ccc(O)cc2)cc1. The second-order valence-corrected chi connectivity index (χ2v) is 3.88. The Labute approximate surface area is 105 Å². The standard InChI is InChI=1S/C15H13FO2/c1-11(16)10-18-15-8-4-13(5-9-15)12-2-6-14(17)7-3-12/h2-9,17H,1,10H2. The van der Waals surface area contributed by atoms with E-state index >= 15 is 0 Å². The Balaban J connectivity index is 2.12. The van der Waals surface area contributed by atoms with Crippen molar-refractivity contribution >= 4 is 0 Å². The van der Waals surface area contributed by atoms with Gasteiger partial charge in [0.2, 0.25) is 0 Å². The molecule has 2 nitrogen and oxygen atoms in total. The average Bonchev–Trinajstić information content (AvgIpc) is 2.38. The molecule has 1 N–H and O–H groups in total. The molecule has 0 spiro atoms. The van der Waals surface area contributed by atoms with Gasteiger partial charge in [-0.05, 0) is 35.4 Å². The third-order valence-electron chi connectivity index (χ3n) is 2.45. The molecule has 2 aromatic rings. The molecule has 92 valence electrons. The minimum Gasteiger partial charge on any atom is -0.508 e. The van der Waals surface area contributed by atoms with Crippen LogP contribution in [-0.4, -0.2) is 11.7 Å². The first-order chi connectivity index (χ1) is 8.65. The molecule has 0 aromatic heterocycles. The van der Waals surface area contributed by atoms with Gasteiger partial charge in [0.05, 0.1) is 0 Å². The maximum atomic E-state index is 12.4. The number of halogens is 1. The van der Waals surface area contributed by atoms with Crippen molar-refractivity contribution in [2.24, 2.45) is 0 Å². The van der Waals surface area contributed by atoms with Gasteiger partial charge in [-0.15, -0.1) is 0 Å². The van der Waals surface area contributed by atoms with Crippen molar-refractivity contribution in [3.63, 3.8) is 0 Å². The second kappa shape index (κ2) is 5.36. The van der Waals surface area contributed by atoms with E-state index in [1.807, 2.05) is 24.3 Å². The van der Waals surface area contributed by atoms with Crippen LogP contribution < -0.4 is 4.74 Å². The largest absolute Gasteiger partial charge is 0.508 e. The lowest BCUT2D eigenvalue weighted by Crippen LogP contribution is -1.96. The third-order valence-corrected chi connectivity index (χ3v) is 2.45. The number of phenolic OH excluding ortho intramolecular Hbond substituents is 1. The summed E-state index contributed by atoms with van der Waals surface area (Å²) in [6, 6.07) is 14.2. The van der Waals surface area contributed by atoms with Gasteiger partial charge in [-0.25, -0.2) is 4.39 Å². The summed E-state index contributed by atoms with van der Waals surface area (Å²) in [5.74, 6) is 0.328. The van der Waals surface area contributed by atoms with Gasteiger partial charge >= 0.3 is 0 Å². The highest BCUT2D eigenvalue weighted by molar-refractivity contribution is 5.64. The highest BCUT2D eigenvalue weighted by Crippen LogP contribution is 2.24. The van der Waals surface area contributed by atoms with Crippen molar-refractivity contribution in [1.29, 1.82) is 0 Å². The first-order valence-corrected chi connectivity index (χ1v) is 5.51. The minimum atomic E-state index is -0.502. The van der Waals surface area contributed by atoms with Gasteiger partial charge in [-0.1, -0.05) is 30.8 Å². The highest BCUT2D eigenvalue weighted by atomic mass is 19.1. The Morgan fingerprint density at radius 2 is 1.50 bits per heavy atom. The molecule has 2 aromatic carbocycles. The van der Waals surface area contributed by atoms with Crippen molar-refractivity contribution in [1.82, 2.24) is 0 Å². The normalized spacial score (nSPS) is 10.1. The zero-order valence-electron chi connectivity index (χ0n) is 9.77. The summed E-state index contributed by atoms with van der Waals surface area (Å²) in [5, 5.41) is 9.21. The van der Waals surface area contributed by atoms with Crippen LogP contribution >= 0.6 is 0 Å². The summed E-state index contributed by atoms with van der Waals surface area (Å²) in [7, 11) is 0. The predicted molar refractivity (Wildman–Crippen MR) is 69.3 cm³/mol. The summed E-state index contributed by atoms with van der Waals surface area (Å²) in [6.07, 6.45) is 0. The van der Waals surface area contributed by atoms with Gasteiger partial charge in [-0.3, -0.25) is 0 Å². The van der Waals surface area contributed by atoms with E-state index in [-0.39, 0.29) is 12.4 Å². The number of ether oxygens (including phenoxy) is 1. The van der Waals surface area contributed by atoms with Crippen LogP contribution in [0.3, 0.4) is 0 Å². The molecule has 18 heavy (non-hydrogen) atoms. The van der Waals surface area contributed by atoms with Crippen LogP contribution in [-0.2, 0) is 0 Å². The van der Waals surface area contributed by atoms with Crippen molar-refractivity contribution in [3.8, 4) is 22.6 Å². The van der Waals surface area contributed by atoms with Crippen LogP contribution in [0.25, 0.3) is 11.1 Å². The average molecular weight is 244 g/mol. The summed E-state index contributed by atoms with van der Waals surface area (Å²) in [5.41, 5.74) is 2.00. The number of hydrogen-bond acceptors (Lipinski definition) is 2. The van der Waals surface area contributed by atoms with Crippen molar-refractivity contribution in [2.75, 3.05) is 6.61 Å². The molecule has 0 amide bonds. The Hall–Kier alpha value is -2.29. The lowest BCUT2D eigenvalue weighted by Gasteiger charge is -2.06. The predicted octanol–water partition coefficient (Wildman–Crippen LogP) is 3.92. The molecule has 0 atom stereocenters. The van der Waals surface area contributed by atoms with E-state index < -0.39 is 5.83 Å². The van der Waals surface area contributed by atoms with Gasteiger partial charge in [0, 0.05) is 0 Å². The first-order valence-electron chi connectivity index (χ1n) is 5.51. The smallest absolute Gasteiger partial charge is 0.139 e. The van der Waals surface area contributed by atoms with E-state index in [1.54, 1.807) is 24.3 Å². The molecule has 0 radical (unpaired) electrons. The van der Waals surface area contributed by atoms with Crippen LogP contribution in [0.5, 0.6) is 11.5 Å². The zero-order valence-corrected chi connectivity index (χ0v) is 9.77. The van der Waals surface area contributed by atoms with Crippen molar-refractivity contribution in [3.05, 3.63) is 60.9 Å². The fourth-order valence-electron chi connectivity index (χ4n) is 1.56. The zero-order chi connectivity index (χ0) is 13.0. The monoisotopic (exact) mass is 244 g/mol. The molecular weight excluding hydrogens is 231 g/mol. The van der Waals surface area contributed by atoms with Crippen LogP contribution in [0, 0.1) is 0 Å².